The lowest BCUT2D eigenvalue weighted by Gasteiger charge is -2.34. The van der Waals surface area contributed by atoms with Crippen LogP contribution < -0.4 is 4.74 Å². The van der Waals surface area contributed by atoms with E-state index in [1.807, 2.05) is 35.0 Å². The summed E-state index contributed by atoms with van der Waals surface area (Å²) in [5.74, 6) is 0.771. The number of aliphatic hydroxyl groups is 1. The zero-order valence-electron chi connectivity index (χ0n) is 19.6. The number of aromatic nitrogens is 2. The number of rotatable bonds is 5. The van der Waals surface area contributed by atoms with Crippen LogP contribution in [0.5, 0.6) is 5.75 Å². The van der Waals surface area contributed by atoms with Crippen LogP contribution >= 0.6 is 0 Å². The van der Waals surface area contributed by atoms with Crippen LogP contribution in [-0.2, 0) is 10.3 Å². The molecule has 0 bridgehead atoms. The molecule has 1 saturated carbocycles. The van der Waals surface area contributed by atoms with Crippen molar-refractivity contribution in [1.29, 1.82) is 0 Å². The van der Waals surface area contributed by atoms with E-state index < -0.39 is 5.60 Å². The Bertz CT molecular complexity index is 1100. The molecule has 3 aromatic rings. The number of methoxy groups -OCH3 is 1. The second kappa shape index (κ2) is 9.27. The van der Waals surface area contributed by atoms with Gasteiger partial charge in [-0.2, -0.15) is 5.10 Å². The first kappa shape index (κ1) is 22.9. The Hall–Kier alpha value is -3.32. The Morgan fingerprint density at radius 1 is 1.09 bits per heavy atom. The summed E-state index contributed by atoms with van der Waals surface area (Å²) in [4.78, 5) is 13.3. The van der Waals surface area contributed by atoms with Crippen LogP contribution in [0.1, 0.15) is 36.9 Å². The first-order valence-electron chi connectivity index (χ1n) is 11.2. The molecule has 0 atom stereocenters. The largest absolute Gasteiger partial charge is 0.497 e. The third-order valence-corrected chi connectivity index (χ3v) is 6.24. The molecule has 0 aliphatic heterocycles. The lowest BCUT2D eigenvalue weighted by atomic mass is 9.81. The monoisotopic (exact) mass is 449 g/mol. The maximum atomic E-state index is 11.9. The van der Waals surface area contributed by atoms with Gasteiger partial charge in [-0.25, -0.2) is 9.48 Å². The van der Waals surface area contributed by atoms with E-state index in [0.717, 1.165) is 22.7 Å². The van der Waals surface area contributed by atoms with E-state index in [-0.39, 0.29) is 12.2 Å². The summed E-state index contributed by atoms with van der Waals surface area (Å²) in [5, 5.41) is 16.4. The van der Waals surface area contributed by atoms with E-state index >= 15 is 0 Å². The lowest BCUT2D eigenvalue weighted by molar-refractivity contribution is -0.0464. The standard InChI is InChI=1S/C26H31N3O4/c1-18-5-7-19(8-6-18)23-17-24(27-29(23)20-9-11-21(32-4)12-10-20)26(31)15-13-22(14-16-26)33-25(30)28(2)3/h5-12,17,22,31H,13-16H2,1-4H3/t22-,26-. The first-order chi connectivity index (χ1) is 15.8. The van der Waals surface area contributed by atoms with Crippen LogP contribution in [0.15, 0.2) is 54.6 Å². The zero-order valence-corrected chi connectivity index (χ0v) is 19.6. The molecule has 1 N–H and O–H groups in total. The zero-order chi connectivity index (χ0) is 23.6. The van der Waals surface area contributed by atoms with E-state index in [9.17, 15) is 9.90 Å². The van der Waals surface area contributed by atoms with Crippen LogP contribution in [0.25, 0.3) is 16.9 Å². The van der Waals surface area contributed by atoms with Crippen LogP contribution in [0.4, 0.5) is 4.79 Å². The minimum Gasteiger partial charge on any atom is -0.497 e. The van der Waals surface area contributed by atoms with Crippen molar-refractivity contribution in [2.75, 3.05) is 21.2 Å². The molecule has 1 aromatic heterocycles. The quantitative estimate of drug-likeness (QED) is 0.612. The molecule has 1 heterocycles. The van der Waals surface area contributed by atoms with Gasteiger partial charge in [0.05, 0.1) is 24.2 Å². The molecule has 7 nitrogen and oxygen atoms in total. The first-order valence-corrected chi connectivity index (χ1v) is 11.2. The van der Waals surface area contributed by atoms with E-state index in [0.29, 0.717) is 31.4 Å². The third kappa shape index (κ3) is 4.88. The Balaban J connectivity index is 1.65. The fourth-order valence-electron chi connectivity index (χ4n) is 4.15. The molecule has 33 heavy (non-hydrogen) atoms. The molecule has 0 saturated heterocycles. The molecule has 1 amide bonds. The molecular formula is C26H31N3O4. The summed E-state index contributed by atoms with van der Waals surface area (Å²) in [6.45, 7) is 2.06. The molecule has 1 aliphatic rings. The van der Waals surface area contributed by atoms with Gasteiger partial charge in [-0.15, -0.1) is 0 Å². The van der Waals surface area contributed by atoms with Crippen LogP contribution in [0.2, 0.25) is 0 Å². The second-order valence-electron chi connectivity index (χ2n) is 8.90. The maximum Gasteiger partial charge on any atom is 0.409 e. The molecule has 0 spiro atoms. The number of hydrogen-bond acceptors (Lipinski definition) is 5. The highest BCUT2D eigenvalue weighted by Gasteiger charge is 2.39. The summed E-state index contributed by atoms with van der Waals surface area (Å²) in [6, 6.07) is 17.9. The van der Waals surface area contributed by atoms with Gasteiger partial charge in [0.2, 0.25) is 0 Å². The van der Waals surface area contributed by atoms with Crippen molar-refractivity contribution >= 4 is 6.09 Å². The molecule has 1 aliphatic carbocycles. The van der Waals surface area contributed by atoms with E-state index in [4.69, 9.17) is 14.6 Å². The number of aryl methyl sites for hydroxylation is 1. The highest BCUT2D eigenvalue weighted by molar-refractivity contribution is 5.67. The van der Waals surface area contributed by atoms with Gasteiger partial charge in [0, 0.05) is 19.7 Å². The summed E-state index contributed by atoms with van der Waals surface area (Å²) in [5.41, 5.74) is 3.55. The predicted molar refractivity (Wildman–Crippen MR) is 127 cm³/mol. The van der Waals surface area contributed by atoms with Gasteiger partial charge >= 0.3 is 6.09 Å². The smallest absolute Gasteiger partial charge is 0.409 e. The average Bonchev–Trinajstić information content (AvgIpc) is 3.27. The van der Waals surface area contributed by atoms with Gasteiger partial charge in [0.25, 0.3) is 0 Å². The second-order valence-corrected chi connectivity index (χ2v) is 8.90. The van der Waals surface area contributed by atoms with Crippen molar-refractivity contribution in [3.63, 3.8) is 0 Å². The number of nitrogens with zero attached hydrogens (tertiary/aromatic N) is 3. The molecule has 2 aromatic carbocycles. The molecule has 0 radical (unpaired) electrons. The Morgan fingerprint density at radius 2 is 1.73 bits per heavy atom. The van der Waals surface area contributed by atoms with Crippen LogP contribution in [0, 0.1) is 6.92 Å². The fraction of sp³-hybridized carbons (Fsp3) is 0.385. The Labute approximate surface area is 194 Å². The molecule has 174 valence electrons. The summed E-state index contributed by atoms with van der Waals surface area (Å²) >= 11 is 0. The van der Waals surface area contributed by atoms with E-state index in [2.05, 4.69) is 31.2 Å². The molecule has 0 unspecified atom stereocenters. The van der Waals surface area contributed by atoms with Crippen molar-refractivity contribution in [2.45, 2.75) is 44.3 Å². The minimum absolute atomic E-state index is 0.194. The van der Waals surface area contributed by atoms with E-state index in [1.54, 1.807) is 21.2 Å². The van der Waals surface area contributed by atoms with E-state index in [1.165, 1.54) is 10.5 Å². The van der Waals surface area contributed by atoms with Crippen molar-refractivity contribution < 1.29 is 19.4 Å². The van der Waals surface area contributed by atoms with Crippen LogP contribution in [0.3, 0.4) is 0 Å². The number of hydrogen-bond donors (Lipinski definition) is 1. The molecule has 7 heteroatoms. The number of benzene rings is 2. The van der Waals surface area contributed by atoms with Gasteiger partial charge in [-0.1, -0.05) is 29.8 Å². The van der Waals surface area contributed by atoms with Crippen molar-refractivity contribution in [3.8, 4) is 22.7 Å². The van der Waals surface area contributed by atoms with Gasteiger partial charge < -0.3 is 19.5 Å². The molecular weight excluding hydrogens is 418 g/mol. The molecule has 4 rings (SSSR count). The molecule has 1 fully saturated rings. The fourth-order valence-corrected chi connectivity index (χ4v) is 4.15. The van der Waals surface area contributed by atoms with Gasteiger partial charge in [-0.3, -0.25) is 0 Å². The number of carbonyl (C=O) groups excluding carboxylic acids is 1. The predicted octanol–water partition coefficient (Wildman–Crippen LogP) is 4.68. The normalized spacial score (nSPS) is 20.3. The maximum absolute atomic E-state index is 11.9. The summed E-state index contributed by atoms with van der Waals surface area (Å²) in [7, 11) is 4.97. The number of carbonyl (C=O) groups is 1. The van der Waals surface area contributed by atoms with Gasteiger partial charge in [0.15, 0.2) is 0 Å². The minimum atomic E-state index is -1.07. The topological polar surface area (TPSA) is 76.8 Å². The highest BCUT2D eigenvalue weighted by atomic mass is 16.6. The number of amides is 1. The van der Waals surface area contributed by atoms with Gasteiger partial charge in [-0.05, 0) is 62.9 Å². The third-order valence-electron chi connectivity index (χ3n) is 6.24. The average molecular weight is 450 g/mol. The SMILES string of the molecule is COc1ccc(-n2nc([C@]3(O)CC[C@H](OC(=O)N(C)C)CC3)cc2-c2ccc(C)cc2)cc1. The lowest BCUT2D eigenvalue weighted by Crippen LogP contribution is -2.37. The van der Waals surface area contributed by atoms with Crippen molar-refractivity contribution in [3.05, 3.63) is 65.9 Å². The summed E-state index contributed by atoms with van der Waals surface area (Å²) in [6.07, 6.45) is 1.59. The summed E-state index contributed by atoms with van der Waals surface area (Å²) < 4.78 is 12.7. The van der Waals surface area contributed by atoms with Crippen LogP contribution in [-0.4, -0.2) is 53.2 Å². The Kier molecular flexibility index (Phi) is 6.42. The number of ether oxygens (including phenoxy) is 2. The van der Waals surface area contributed by atoms with Crippen molar-refractivity contribution in [2.24, 2.45) is 0 Å². The highest BCUT2D eigenvalue weighted by Crippen LogP contribution is 2.39. The Morgan fingerprint density at radius 3 is 2.30 bits per heavy atom. The van der Waals surface area contributed by atoms with Crippen molar-refractivity contribution in [1.82, 2.24) is 14.7 Å². The van der Waals surface area contributed by atoms with Gasteiger partial charge in [0.1, 0.15) is 17.5 Å².